The van der Waals surface area contributed by atoms with E-state index in [9.17, 15) is 17.1 Å². The minimum absolute atomic E-state index is 0.120. The van der Waals surface area contributed by atoms with Gasteiger partial charge in [-0.15, -0.1) is 3.89 Å². The van der Waals surface area contributed by atoms with Crippen molar-refractivity contribution in [3.05, 3.63) is 0 Å². The first kappa shape index (κ1) is 16.2. The maximum Gasteiger partial charge on any atom is 0.407 e. The molecule has 0 bridgehead atoms. The number of alkyl carbamates (subject to hydrolysis) is 1. The third kappa shape index (κ3) is 8.80. The Bertz CT molecular complexity index is 412. The van der Waals surface area contributed by atoms with Crippen molar-refractivity contribution in [2.45, 2.75) is 45.6 Å². The van der Waals surface area contributed by atoms with Crippen LogP contribution in [0.1, 0.15) is 40.0 Å². The van der Waals surface area contributed by atoms with Gasteiger partial charge in [-0.2, -0.15) is 8.42 Å². The van der Waals surface area contributed by atoms with E-state index in [1.807, 2.05) is 0 Å². The predicted octanol–water partition coefficient (Wildman–Crippen LogP) is 2.23. The zero-order valence-corrected chi connectivity index (χ0v) is 12.4. The van der Waals surface area contributed by atoms with E-state index in [0.29, 0.717) is 12.3 Å². The molecule has 0 spiro atoms. The SMILES string of the molecule is CC(C)(C)OC(=O)NCC(CC1CC1)CS(=O)(=O)F. The Labute approximate surface area is 114 Å². The molecule has 1 aliphatic carbocycles. The van der Waals surface area contributed by atoms with Gasteiger partial charge < -0.3 is 10.1 Å². The molecule has 7 heteroatoms. The number of carbonyl (C=O) groups is 1. The van der Waals surface area contributed by atoms with Crippen molar-refractivity contribution in [2.24, 2.45) is 11.8 Å². The van der Waals surface area contributed by atoms with Crippen LogP contribution in [0.2, 0.25) is 0 Å². The lowest BCUT2D eigenvalue weighted by Crippen LogP contribution is -2.36. The number of amides is 1. The highest BCUT2D eigenvalue weighted by molar-refractivity contribution is 7.86. The number of carbonyl (C=O) groups excluding carboxylic acids is 1. The van der Waals surface area contributed by atoms with Crippen LogP contribution in [0.3, 0.4) is 0 Å². The Kier molecular flexibility index (Phi) is 5.18. The minimum Gasteiger partial charge on any atom is -0.444 e. The average Bonchev–Trinajstić information content (AvgIpc) is 2.92. The summed E-state index contributed by atoms with van der Waals surface area (Å²) in [6.45, 7) is 5.33. The molecule has 1 rings (SSSR count). The monoisotopic (exact) mass is 295 g/mol. The summed E-state index contributed by atoms with van der Waals surface area (Å²) in [4.78, 5) is 11.5. The lowest BCUT2D eigenvalue weighted by Gasteiger charge is -2.21. The molecule has 112 valence electrons. The Morgan fingerprint density at radius 3 is 2.42 bits per heavy atom. The number of rotatable bonds is 6. The number of halogens is 1. The van der Waals surface area contributed by atoms with Gasteiger partial charge in [0, 0.05) is 6.54 Å². The highest BCUT2D eigenvalue weighted by Gasteiger charge is 2.29. The van der Waals surface area contributed by atoms with E-state index in [1.54, 1.807) is 20.8 Å². The van der Waals surface area contributed by atoms with Crippen molar-refractivity contribution in [2.75, 3.05) is 12.3 Å². The van der Waals surface area contributed by atoms with Crippen molar-refractivity contribution in [1.82, 2.24) is 5.32 Å². The van der Waals surface area contributed by atoms with Crippen LogP contribution < -0.4 is 5.32 Å². The van der Waals surface area contributed by atoms with Gasteiger partial charge >= 0.3 is 16.3 Å². The van der Waals surface area contributed by atoms with Crippen LogP contribution in [-0.4, -0.2) is 32.4 Å². The standard InChI is InChI=1S/C12H22FNO4S/c1-12(2,3)18-11(15)14-7-10(6-9-4-5-9)8-19(13,16)17/h9-10H,4-8H2,1-3H3,(H,14,15). The van der Waals surface area contributed by atoms with Crippen molar-refractivity contribution in [1.29, 1.82) is 0 Å². The maximum absolute atomic E-state index is 12.7. The first-order valence-electron chi connectivity index (χ1n) is 6.44. The van der Waals surface area contributed by atoms with Crippen molar-refractivity contribution < 1.29 is 21.8 Å². The van der Waals surface area contributed by atoms with E-state index < -0.39 is 33.6 Å². The number of hydrogen-bond donors (Lipinski definition) is 1. The van der Waals surface area contributed by atoms with E-state index in [0.717, 1.165) is 12.8 Å². The van der Waals surface area contributed by atoms with Crippen LogP contribution in [0, 0.1) is 11.8 Å². The van der Waals surface area contributed by atoms with Crippen LogP contribution >= 0.6 is 0 Å². The first-order valence-corrected chi connectivity index (χ1v) is 7.99. The molecule has 0 aromatic heterocycles. The lowest BCUT2D eigenvalue weighted by atomic mass is 10.0. The molecule has 0 radical (unpaired) electrons. The molecule has 0 saturated heterocycles. The Morgan fingerprint density at radius 1 is 1.42 bits per heavy atom. The summed E-state index contributed by atoms with van der Waals surface area (Å²) in [6.07, 6.45) is 2.12. The highest BCUT2D eigenvalue weighted by Crippen LogP contribution is 2.35. The fraction of sp³-hybridized carbons (Fsp3) is 0.917. The molecule has 5 nitrogen and oxygen atoms in total. The molecule has 1 atom stereocenters. The van der Waals surface area contributed by atoms with Crippen molar-refractivity contribution in [3.63, 3.8) is 0 Å². The Balaban J connectivity index is 2.41. The van der Waals surface area contributed by atoms with Gasteiger partial charge in [-0.25, -0.2) is 4.79 Å². The second kappa shape index (κ2) is 6.07. The molecule has 1 amide bonds. The smallest absolute Gasteiger partial charge is 0.407 e. The fourth-order valence-electron chi connectivity index (χ4n) is 1.86. The molecule has 0 aliphatic heterocycles. The van der Waals surface area contributed by atoms with Gasteiger partial charge in [0.25, 0.3) is 0 Å². The molecular weight excluding hydrogens is 273 g/mol. The van der Waals surface area contributed by atoms with Gasteiger partial charge in [0.05, 0.1) is 5.75 Å². The molecule has 1 fully saturated rings. The molecule has 1 saturated carbocycles. The van der Waals surface area contributed by atoms with E-state index in [4.69, 9.17) is 4.74 Å². The molecule has 1 aliphatic rings. The topological polar surface area (TPSA) is 72.5 Å². The number of nitrogens with one attached hydrogen (secondary N) is 1. The zero-order chi connectivity index (χ0) is 14.7. The second-order valence-electron chi connectivity index (χ2n) is 6.13. The number of ether oxygens (including phenoxy) is 1. The highest BCUT2D eigenvalue weighted by atomic mass is 32.3. The molecule has 19 heavy (non-hydrogen) atoms. The first-order chi connectivity index (χ1) is 8.55. The van der Waals surface area contributed by atoms with E-state index in [-0.39, 0.29) is 6.54 Å². The molecular formula is C12H22FNO4S. The van der Waals surface area contributed by atoms with E-state index >= 15 is 0 Å². The fourth-order valence-corrected chi connectivity index (χ4v) is 2.68. The minimum atomic E-state index is -4.52. The molecule has 1 N–H and O–H groups in total. The number of hydrogen-bond acceptors (Lipinski definition) is 4. The van der Waals surface area contributed by atoms with Crippen LogP contribution in [0.25, 0.3) is 0 Å². The second-order valence-corrected chi connectivity index (χ2v) is 7.54. The molecule has 0 aromatic rings. The van der Waals surface area contributed by atoms with E-state index in [1.165, 1.54) is 0 Å². The Hall–Kier alpha value is -0.850. The third-order valence-electron chi connectivity index (χ3n) is 2.73. The van der Waals surface area contributed by atoms with Crippen molar-refractivity contribution in [3.8, 4) is 0 Å². The van der Waals surface area contributed by atoms with Crippen molar-refractivity contribution >= 4 is 16.3 Å². The largest absolute Gasteiger partial charge is 0.444 e. The summed E-state index contributed by atoms with van der Waals surface area (Å²) in [7, 11) is -4.52. The molecule has 1 unspecified atom stereocenters. The van der Waals surface area contributed by atoms with Gasteiger partial charge in [0.2, 0.25) is 0 Å². The van der Waals surface area contributed by atoms with Gasteiger partial charge in [0.15, 0.2) is 0 Å². The maximum atomic E-state index is 12.7. The lowest BCUT2D eigenvalue weighted by molar-refractivity contribution is 0.0519. The van der Waals surface area contributed by atoms with Gasteiger partial charge in [-0.05, 0) is 39.0 Å². The van der Waals surface area contributed by atoms with Crippen LogP contribution in [-0.2, 0) is 15.0 Å². The van der Waals surface area contributed by atoms with Gasteiger partial charge in [-0.3, -0.25) is 0 Å². The average molecular weight is 295 g/mol. The summed E-state index contributed by atoms with van der Waals surface area (Å²) in [6, 6.07) is 0. The molecule has 0 aromatic carbocycles. The summed E-state index contributed by atoms with van der Waals surface area (Å²) in [5, 5.41) is 2.50. The summed E-state index contributed by atoms with van der Waals surface area (Å²) in [5.74, 6) is -0.471. The zero-order valence-electron chi connectivity index (χ0n) is 11.6. The van der Waals surface area contributed by atoms with Crippen LogP contribution in [0.15, 0.2) is 0 Å². The summed E-state index contributed by atoms with van der Waals surface area (Å²) >= 11 is 0. The van der Waals surface area contributed by atoms with Gasteiger partial charge in [0.1, 0.15) is 5.60 Å². The van der Waals surface area contributed by atoms with Crippen LogP contribution in [0.5, 0.6) is 0 Å². The van der Waals surface area contributed by atoms with Gasteiger partial charge in [-0.1, -0.05) is 12.8 Å². The van der Waals surface area contributed by atoms with E-state index in [2.05, 4.69) is 5.32 Å². The summed E-state index contributed by atoms with van der Waals surface area (Å²) < 4.78 is 39.2. The quantitative estimate of drug-likeness (QED) is 0.763. The van der Waals surface area contributed by atoms with Crippen LogP contribution in [0.4, 0.5) is 8.68 Å². The third-order valence-corrected chi connectivity index (χ3v) is 3.60. The normalized spacial score (nSPS) is 17.9. The predicted molar refractivity (Wildman–Crippen MR) is 70.0 cm³/mol. The molecule has 0 heterocycles. The summed E-state index contributed by atoms with van der Waals surface area (Å²) in [5.41, 5.74) is -0.609. The Morgan fingerprint density at radius 2 is 2.00 bits per heavy atom.